The van der Waals surface area contributed by atoms with Crippen molar-refractivity contribution in [1.29, 1.82) is 0 Å². The van der Waals surface area contributed by atoms with Crippen molar-refractivity contribution in [2.24, 2.45) is 5.92 Å². The lowest BCUT2D eigenvalue weighted by Gasteiger charge is -2.13. The standard InChI is InChI=1S/C10H13IN2O3/c11-8-4-13(10(16)12-9(8)15)7-2-1-6(3-7)5-14/h4,6-7,14H,1-3,5H2,(H,12,15,16)/t6-,7+/m1/s1. The fourth-order valence-electron chi connectivity index (χ4n) is 2.20. The van der Waals surface area contributed by atoms with Crippen LogP contribution >= 0.6 is 22.6 Å². The number of nitrogens with one attached hydrogen (secondary N) is 1. The molecule has 0 bridgehead atoms. The highest BCUT2D eigenvalue weighted by Crippen LogP contribution is 2.33. The van der Waals surface area contributed by atoms with Crippen molar-refractivity contribution in [3.63, 3.8) is 0 Å². The predicted molar refractivity (Wildman–Crippen MR) is 67.5 cm³/mol. The molecule has 1 aliphatic rings. The van der Waals surface area contributed by atoms with Crippen molar-refractivity contribution in [2.45, 2.75) is 25.3 Å². The number of halogens is 1. The Kier molecular flexibility index (Phi) is 3.48. The summed E-state index contributed by atoms with van der Waals surface area (Å²) in [5.41, 5.74) is -0.687. The Labute approximate surface area is 106 Å². The van der Waals surface area contributed by atoms with Gasteiger partial charge in [-0.05, 0) is 47.8 Å². The number of aromatic nitrogens is 2. The van der Waals surface area contributed by atoms with E-state index < -0.39 is 0 Å². The average Bonchev–Trinajstić information content (AvgIpc) is 2.71. The van der Waals surface area contributed by atoms with Crippen LogP contribution in [-0.4, -0.2) is 21.3 Å². The third kappa shape index (κ3) is 2.22. The maximum Gasteiger partial charge on any atom is 0.328 e. The normalized spacial score (nSPS) is 24.9. The van der Waals surface area contributed by atoms with Gasteiger partial charge in [0.05, 0.1) is 3.57 Å². The van der Waals surface area contributed by atoms with Crippen LogP contribution in [0.5, 0.6) is 0 Å². The van der Waals surface area contributed by atoms with Gasteiger partial charge in [-0.1, -0.05) is 0 Å². The van der Waals surface area contributed by atoms with Crippen LogP contribution < -0.4 is 11.2 Å². The van der Waals surface area contributed by atoms with E-state index in [0.29, 0.717) is 3.57 Å². The molecule has 1 fully saturated rings. The van der Waals surface area contributed by atoms with Gasteiger partial charge in [0.25, 0.3) is 5.56 Å². The van der Waals surface area contributed by atoms with Crippen LogP contribution in [0.25, 0.3) is 0 Å². The Balaban J connectivity index is 2.32. The molecule has 0 spiro atoms. The fraction of sp³-hybridized carbons (Fsp3) is 0.600. The molecule has 16 heavy (non-hydrogen) atoms. The molecule has 1 aromatic heterocycles. The van der Waals surface area contributed by atoms with E-state index in [2.05, 4.69) is 4.98 Å². The van der Waals surface area contributed by atoms with E-state index in [0.717, 1.165) is 19.3 Å². The van der Waals surface area contributed by atoms with E-state index >= 15 is 0 Å². The summed E-state index contributed by atoms with van der Waals surface area (Å²) in [6.07, 6.45) is 4.22. The zero-order valence-corrected chi connectivity index (χ0v) is 10.8. The summed E-state index contributed by atoms with van der Waals surface area (Å²) in [6, 6.07) is 0.106. The van der Waals surface area contributed by atoms with Crippen LogP contribution in [0.15, 0.2) is 15.8 Å². The Morgan fingerprint density at radius 2 is 2.25 bits per heavy atom. The van der Waals surface area contributed by atoms with Crippen molar-refractivity contribution in [1.82, 2.24) is 9.55 Å². The predicted octanol–water partition coefficient (Wildman–Crippen LogP) is 0.475. The van der Waals surface area contributed by atoms with Gasteiger partial charge in [0.2, 0.25) is 0 Å². The molecule has 1 saturated carbocycles. The van der Waals surface area contributed by atoms with E-state index in [1.54, 1.807) is 10.8 Å². The fourth-order valence-corrected chi connectivity index (χ4v) is 2.63. The molecular formula is C10H13IN2O3. The largest absolute Gasteiger partial charge is 0.396 e. The maximum absolute atomic E-state index is 11.6. The minimum absolute atomic E-state index is 0.106. The lowest BCUT2D eigenvalue weighted by atomic mass is 10.1. The highest BCUT2D eigenvalue weighted by molar-refractivity contribution is 14.1. The maximum atomic E-state index is 11.6. The Morgan fingerprint density at radius 1 is 1.50 bits per heavy atom. The third-order valence-corrected chi connectivity index (χ3v) is 3.86. The van der Waals surface area contributed by atoms with E-state index in [4.69, 9.17) is 5.11 Å². The topological polar surface area (TPSA) is 75.1 Å². The molecule has 1 aromatic rings. The first-order valence-electron chi connectivity index (χ1n) is 5.23. The van der Waals surface area contributed by atoms with Crippen LogP contribution in [-0.2, 0) is 0 Å². The molecule has 0 aliphatic heterocycles. The number of hydrogen-bond donors (Lipinski definition) is 2. The lowest BCUT2D eigenvalue weighted by molar-refractivity contribution is 0.226. The van der Waals surface area contributed by atoms with Crippen molar-refractivity contribution in [2.75, 3.05) is 6.61 Å². The smallest absolute Gasteiger partial charge is 0.328 e. The van der Waals surface area contributed by atoms with Crippen LogP contribution in [0, 0.1) is 9.49 Å². The van der Waals surface area contributed by atoms with Crippen molar-refractivity contribution in [3.8, 4) is 0 Å². The molecule has 2 atom stereocenters. The Bertz CT molecular complexity index is 494. The van der Waals surface area contributed by atoms with Crippen LogP contribution in [0.2, 0.25) is 0 Å². The number of aliphatic hydroxyl groups excluding tert-OH is 1. The van der Waals surface area contributed by atoms with Gasteiger partial charge < -0.3 is 5.11 Å². The zero-order chi connectivity index (χ0) is 11.7. The van der Waals surface area contributed by atoms with Gasteiger partial charge in [-0.2, -0.15) is 0 Å². The van der Waals surface area contributed by atoms with Gasteiger partial charge in [-0.3, -0.25) is 14.3 Å². The molecule has 0 radical (unpaired) electrons. The minimum atomic E-state index is -0.353. The molecule has 1 heterocycles. The van der Waals surface area contributed by atoms with Crippen molar-refractivity contribution < 1.29 is 5.11 Å². The second-order valence-electron chi connectivity index (χ2n) is 4.16. The summed E-state index contributed by atoms with van der Waals surface area (Å²) >= 11 is 1.91. The number of aliphatic hydroxyl groups is 1. The molecule has 88 valence electrons. The second-order valence-corrected chi connectivity index (χ2v) is 5.32. The summed E-state index contributed by atoms with van der Waals surface area (Å²) in [6.45, 7) is 0.172. The van der Waals surface area contributed by atoms with E-state index in [1.165, 1.54) is 0 Å². The number of rotatable bonds is 2. The Morgan fingerprint density at radius 3 is 2.88 bits per heavy atom. The summed E-state index contributed by atoms with van der Waals surface area (Å²) in [4.78, 5) is 25.1. The van der Waals surface area contributed by atoms with Crippen LogP contribution in [0.1, 0.15) is 25.3 Å². The van der Waals surface area contributed by atoms with Gasteiger partial charge in [-0.15, -0.1) is 0 Å². The molecule has 0 unspecified atom stereocenters. The molecule has 0 saturated heterocycles. The molecular weight excluding hydrogens is 323 g/mol. The zero-order valence-electron chi connectivity index (χ0n) is 8.65. The SMILES string of the molecule is O=c1[nH]c(=O)n([C@H]2CC[C@@H](CO)C2)cc1I. The molecule has 0 amide bonds. The molecule has 2 N–H and O–H groups in total. The van der Waals surface area contributed by atoms with Gasteiger partial charge in [-0.25, -0.2) is 4.79 Å². The number of hydrogen-bond acceptors (Lipinski definition) is 3. The van der Waals surface area contributed by atoms with Gasteiger partial charge in [0, 0.05) is 18.8 Å². The van der Waals surface area contributed by atoms with Gasteiger partial charge >= 0.3 is 5.69 Å². The molecule has 2 rings (SSSR count). The number of aromatic amines is 1. The Hall–Kier alpha value is -0.630. The molecule has 1 aliphatic carbocycles. The summed E-state index contributed by atoms with van der Waals surface area (Å²) in [7, 11) is 0. The number of H-pyrrole nitrogens is 1. The van der Waals surface area contributed by atoms with E-state index in [9.17, 15) is 9.59 Å². The third-order valence-electron chi connectivity index (χ3n) is 3.09. The molecule has 5 nitrogen and oxygen atoms in total. The average molecular weight is 336 g/mol. The van der Waals surface area contributed by atoms with Gasteiger partial charge in [0.1, 0.15) is 0 Å². The monoisotopic (exact) mass is 336 g/mol. The first-order chi connectivity index (χ1) is 7.61. The van der Waals surface area contributed by atoms with E-state index in [1.807, 2.05) is 22.6 Å². The summed E-state index contributed by atoms with van der Waals surface area (Å²) in [5, 5.41) is 9.05. The van der Waals surface area contributed by atoms with Gasteiger partial charge in [0.15, 0.2) is 0 Å². The van der Waals surface area contributed by atoms with E-state index in [-0.39, 0.29) is 29.8 Å². The highest BCUT2D eigenvalue weighted by Gasteiger charge is 2.26. The minimum Gasteiger partial charge on any atom is -0.396 e. The molecule has 0 aromatic carbocycles. The second kappa shape index (κ2) is 4.70. The number of nitrogens with zero attached hydrogens (tertiary/aromatic N) is 1. The lowest BCUT2D eigenvalue weighted by Crippen LogP contribution is -2.32. The van der Waals surface area contributed by atoms with Crippen LogP contribution in [0.4, 0.5) is 0 Å². The summed E-state index contributed by atoms with van der Waals surface area (Å²) < 4.78 is 2.10. The molecule has 6 heteroatoms. The van der Waals surface area contributed by atoms with Crippen molar-refractivity contribution >= 4 is 22.6 Å². The highest BCUT2D eigenvalue weighted by atomic mass is 127. The first-order valence-corrected chi connectivity index (χ1v) is 6.31. The van der Waals surface area contributed by atoms with Crippen molar-refractivity contribution in [3.05, 3.63) is 30.6 Å². The van der Waals surface area contributed by atoms with Crippen LogP contribution in [0.3, 0.4) is 0 Å². The summed E-state index contributed by atoms with van der Waals surface area (Å²) in [5.74, 6) is 0.279. The quantitative estimate of drug-likeness (QED) is 0.772. The first kappa shape index (κ1) is 11.8.